The van der Waals surface area contributed by atoms with Gasteiger partial charge in [-0.15, -0.1) is 0 Å². The van der Waals surface area contributed by atoms with Gasteiger partial charge in [-0.25, -0.2) is 19.3 Å². The summed E-state index contributed by atoms with van der Waals surface area (Å²) in [7, 11) is 0. The third-order valence-electron chi connectivity index (χ3n) is 4.80. The van der Waals surface area contributed by atoms with Crippen LogP contribution >= 0.6 is 11.9 Å². The van der Waals surface area contributed by atoms with Gasteiger partial charge in [0.05, 0.1) is 0 Å². The Bertz CT molecular complexity index is 1080. The predicted molar refractivity (Wildman–Crippen MR) is 112 cm³/mol. The first-order chi connectivity index (χ1) is 14.8. The van der Waals surface area contributed by atoms with Crippen molar-refractivity contribution in [3.05, 3.63) is 36.8 Å². The van der Waals surface area contributed by atoms with E-state index in [-0.39, 0.29) is 13.1 Å². The minimum atomic E-state index is -4.48. The Morgan fingerprint density at radius 2 is 2.10 bits per heavy atom. The van der Waals surface area contributed by atoms with Crippen molar-refractivity contribution < 1.29 is 18.0 Å². The van der Waals surface area contributed by atoms with Crippen LogP contribution in [-0.2, 0) is 4.79 Å². The van der Waals surface area contributed by atoms with Crippen molar-refractivity contribution >= 4 is 34.7 Å². The van der Waals surface area contributed by atoms with Gasteiger partial charge in [0.15, 0.2) is 5.82 Å². The van der Waals surface area contributed by atoms with Crippen molar-refractivity contribution in [3.8, 4) is 11.4 Å². The van der Waals surface area contributed by atoms with E-state index in [1.54, 1.807) is 30.7 Å². The summed E-state index contributed by atoms with van der Waals surface area (Å²) in [5.74, 6) is 0.849. The van der Waals surface area contributed by atoms with E-state index >= 15 is 0 Å². The molecule has 4 rings (SSSR count). The smallest absolute Gasteiger partial charge is 0.354 e. The largest absolute Gasteiger partial charge is 0.405 e. The number of aromatic amines is 1. The SMILES string of the molecule is CCSN1CC(Nc2ccnc(-c3c[nH]c4ncccc34)n2)(C(=O)NCC(F)(F)F)C1. The number of alkyl halides is 3. The molecule has 31 heavy (non-hydrogen) atoms. The fraction of sp³-hybridized carbons (Fsp3) is 0.368. The normalized spacial score (nSPS) is 16.1. The maximum absolute atomic E-state index is 12.7. The molecule has 8 nitrogen and oxygen atoms in total. The second kappa shape index (κ2) is 8.35. The van der Waals surface area contributed by atoms with Crippen molar-refractivity contribution in [2.75, 3.05) is 30.7 Å². The quantitative estimate of drug-likeness (QED) is 0.475. The van der Waals surface area contributed by atoms with E-state index in [1.807, 2.05) is 22.6 Å². The molecule has 3 aromatic heterocycles. The predicted octanol–water partition coefficient (Wildman–Crippen LogP) is 2.83. The second-order valence-corrected chi connectivity index (χ2v) is 8.44. The molecule has 0 saturated carbocycles. The Morgan fingerprint density at radius 3 is 2.84 bits per heavy atom. The van der Waals surface area contributed by atoms with Gasteiger partial charge in [0, 0.05) is 48.4 Å². The summed E-state index contributed by atoms with van der Waals surface area (Å²) in [5, 5.41) is 5.89. The molecule has 1 saturated heterocycles. The molecule has 4 heterocycles. The lowest BCUT2D eigenvalue weighted by atomic mass is 9.91. The van der Waals surface area contributed by atoms with Crippen LogP contribution in [0.5, 0.6) is 0 Å². The Labute approximate surface area is 180 Å². The molecule has 0 aliphatic carbocycles. The van der Waals surface area contributed by atoms with E-state index in [1.165, 1.54) is 11.9 Å². The Morgan fingerprint density at radius 1 is 1.29 bits per heavy atom. The van der Waals surface area contributed by atoms with E-state index in [2.05, 4.69) is 25.3 Å². The van der Waals surface area contributed by atoms with Gasteiger partial charge in [-0.05, 0) is 18.2 Å². The lowest BCUT2D eigenvalue weighted by Crippen LogP contribution is -2.71. The van der Waals surface area contributed by atoms with E-state index in [4.69, 9.17) is 0 Å². The van der Waals surface area contributed by atoms with E-state index in [9.17, 15) is 18.0 Å². The maximum atomic E-state index is 12.7. The first kappa shape index (κ1) is 21.4. The molecule has 164 valence electrons. The zero-order chi connectivity index (χ0) is 22.1. The number of pyridine rings is 1. The van der Waals surface area contributed by atoms with Crippen molar-refractivity contribution in [3.63, 3.8) is 0 Å². The number of rotatable bonds is 7. The third kappa shape index (κ3) is 4.59. The molecule has 1 amide bonds. The number of nitrogens with one attached hydrogen (secondary N) is 3. The third-order valence-corrected chi connectivity index (χ3v) is 5.68. The molecule has 1 aliphatic rings. The van der Waals surface area contributed by atoms with Crippen molar-refractivity contribution in [1.82, 2.24) is 29.6 Å². The summed E-state index contributed by atoms with van der Waals surface area (Å²) in [4.78, 5) is 28.8. The molecule has 0 spiro atoms. The number of hydrogen-bond donors (Lipinski definition) is 3. The molecule has 0 atom stereocenters. The molecule has 1 aliphatic heterocycles. The highest BCUT2D eigenvalue weighted by molar-refractivity contribution is 7.97. The fourth-order valence-electron chi connectivity index (χ4n) is 3.40. The van der Waals surface area contributed by atoms with Crippen LogP contribution in [0, 0.1) is 0 Å². The minimum Gasteiger partial charge on any atom is -0.354 e. The molecular formula is C19H20F3N7OS. The number of aromatic nitrogens is 4. The fourth-order valence-corrected chi connectivity index (χ4v) is 4.39. The first-order valence-electron chi connectivity index (χ1n) is 9.56. The zero-order valence-electron chi connectivity index (χ0n) is 16.5. The molecule has 3 N–H and O–H groups in total. The van der Waals surface area contributed by atoms with Gasteiger partial charge in [-0.3, -0.25) is 4.79 Å². The van der Waals surface area contributed by atoms with Crippen LogP contribution in [0.15, 0.2) is 36.8 Å². The Hall–Kier alpha value is -2.86. The highest BCUT2D eigenvalue weighted by atomic mass is 32.2. The molecule has 0 bridgehead atoms. The second-order valence-electron chi connectivity index (χ2n) is 7.09. The highest BCUT2D eigenvalue weighted by Crippen LogP contribution is 2.32. The molecule has 0 unspecified atom stereocenters. The van der Waals surface area contributed by atoms with Gasteiger partial charge in [0.2, 0.25) is 5.91 Å². The van der Waals surface area contributed by atoms with Gasteiger partial charge in [-0.2, -0.15) is 13.2 Å². The molecule has 1 fully saturated rings. The summed E-state index contributed by atoms with van der Waals surface area (Å²) < 4.78 is 39.8. The lowest BCUT2D eigenvalue weighted by Gasteiger charge is -2.48. The number of nitrogens with zero attached hydrogens (tertiary/aromatic N) is 4. The van der Waals surface area contributed by atoms with Gasteiger partial charge in [-0.1, -0.05) is 18.9 Å². The zero-order valence-corrected chi connectivity index (χ0v) is 17.3. The number of halogens is 3. The first-order valence-corrected chi connectivity index (χ1v) is 10.5. The minimum absolute atomic E-state index is 0.255. The van der Waals surface area contributed by atoms with Crippen molar-refractivity contribution in [2.24, 2.45) is 0 Å². The summed E-state index contributed by atoms with van der Waals surface area (Å²) in [6, 6.07) is 5.27. The molecular weight excluding hydrogens is 431 g/mol. The van der Waals surface area contributed by atoms with Gasteiger partial charge < -0.3 is 15.6 Å². The molecule has 12 heteroatoms. The lowest BCUT2D eigenvalue weighted by molar-refractivity contribution is -0.143. The summed E-state index contributed by atoms with van der Waals surface area (Å²) in [5.41, 5.74) is 0.216. The van der Waals surface area contributed by atoms with Crippen LogP contribution in [-0.4, -0.2) is 67.3 Å². The van der Waals surface area contributed by atoms with E-state index in [0.29, 0.717) is 17.3 Å². The van der Waals surface area contributed by atoms with Crippen LogP contribution in [0.25, 0.3) is 22.4 Å². The van der Waals surface area contributed by atoms with Crippen LogP contribution in [0.3, 0.4) is 0 Å². The number of fused-ring (bicyclic) bond motifs is 1. The average Bonchev–Trinajstić information content (AvgIpc) is 3.14. The molecule has 3 aromatic rings. The summed E-state index contributed by atoms with van der Waals surface area (Å²) >= 11 is 1.52. The molecule has 0 radical (unpaired) electrons. The van der Waals surface area contributed by atoms with Crippen molar-refractivity contribution in [2.45, 2.75) is 18.6 Å². The van der Waals surface area contributed by atoms with Gasteiger partial charge >= 0.3 is 6.18 Å². The number of H-pyrrole nitrogens is 1. The van der Waals surface area contributed by atoms with Crippen LogP contribution in [0.2, 0.25) is 0 Å². The number of hydrogen-bond acceptors (Lipinski definition) is 7. The average molecular weight is 451 g/mol. The maximum Gasteiger partial charge on any atom is 0.405 e. The van der Waals surface area contributed by atoms with E-state index < -0.39 is 24.2 Å². The number of amides is 1. The van der Waals surface area contributed by atoms with Crippen molar-refractivity contribution in [1.29, 1.82) is 0 Å². The van der Waals surface area contributed by atoms with Crippen LogP contribution in [0.4, 0.5) is 19.0 Å². The van der Waals surface area contributed by atoms with Gasteiger partial charge in [0.1, 0.15) is 23.5 Å². The van der Waals surface area contributed by atoms with Crippen LogP contribution < -0.4 is 10.6 Å². The van der Waals surface area contributed by atoms with E-state index in [0.717, 1.165) is 16.7 Å². The number of carbonyl (C=O) groups is 1. The Balaban J connectivity index is 1.57. The monoisotopic (exact) mass is 451 g/mol. The van der Waals surface area contributed by atoms with Gasteiger partial charge in [0.25, 0.3) is 0 Å². The Kier molecular flexibility index (Phi) is 5.75. The highest BCUT2D eigenvalue weighted by Gasteiger charge is 2.50. The summed E-state index contributed by atoms with van der Waals surface area (Å²) in [6.07, 6.45) is 0.468. The number of anilines is 1. The summed E-state index contributed by atoms with van der Waals surface area (Å²) in [6.45, 7) is 1.10. The topological polar surface area (TPSA) is 98.8 Å². The molecule has 0 aromatic carbocycles. The standard InChI is InChI=1S/C19H20F3N7OS/c1-2-31-29-10-18(11-29,17(30)26-9-19(20,21)22)28-14-5-7-24-16(27-14)13-8-25-15-12(13)4-3-6-23-15/h3-8H,2,9-11H2,1H3,(H,23,25)(H,26,30)(H,24,27,28). The number of carbonyl (C=O) groups excluding carboxylic acids is 1. The van der Waals surface area contributed by atoms with Crippen LogP contribution in [0.1, 0.15) is 6.92 Å².